The summed E-state index contributed by atoms with van der Waals surface area (Å²) >= 11 is 0. The Kier molecular flexibility index (Phi) is 5.75. The molecule has 146 valence electrons. The van der Waals surface area contributed by atoms with Crippen molar-refractivity contribution in [2.45, 2.75) is 11.8 Å². The van der Waals surface area contributed by atoms with Crippen molar-refractivity contribution >= 4 is 11.9 Å². The molecule has 1 aromatic carbocycles. The largest absolute Gasteiger partial charge is 0.497 e. The van der Waals surface area contributed by atoms with Gasteiger partial charge in [0.15, 0.2) is 0 Å². The maximum atomic E-state index is 9.10. The number of methoxy groups -OCH3 is 1. The van der Waals surface area contributed by atoms with Gasteiger partial charge in [0.2, 0.25) is 0 Å². The van der Waals surface area contributed by atoms with Crippen molar-refractivity contribution in [2.75, 3.05) is 26.7 Å². The summed E-state index contributed by atoms with van der Waals surface area (Å²) in [5.41, 5.74) is 3.65. The van der Waals surface area contributed by atoms with E-state index in [2.05, 4.69) is 47.5 Å². The molecule has 0 saturated carbocycles. The summed E-state index contributed by atoms with van der Waals surface area (Å²) in [6, 6.07) is 12.4. The fourth-order valence-electron chi connectivity index (χ4n) is 3.59. The molecule has 0 radical (unpaired) electrons. The maximum absolute atomic E-state index is 9.10. The van der Waals surface area contributed by atoms with E-state index in [1.165, 1.54) is 18.5 Å². The smallest absolute Gasteiger partial charge is 0.414 e. The third-order valence-corrected chi connectivity index (χ3v) is 5.09. The molecule has 1 fully saturated rings. The van der Waals surface area contributed by atoms with Gasteiger partial charge in [0.1, 0.15) is 5.75 Å². The van der Waals surface area contributed by atoms with Crippen LogP contribution in [-0.2, 0) is 15.0 Å². The first kappa shape index (κ1) is 19.6. The van der Waals surface area contributed by atoms with E-state index in [1.807, 2.05) is 12.1 Å². The summed E-state index contributed by atoms with van der Waals surface area (Å²) in [6.07, 6.45) is 7.94. The number of carboxylic acids is 2. The third-order valence-electron chi connectivity index (χ3n) is 5.09. The van der Waals surface area contributed by atoms with Crippen LogP contribution in [0.2, 0.25) is 0 Å². The standard InChI is InChI=1S/C19H20N2O.C2H2O4/c1-22-17-6-3-15(4-7-17)18-8-5-16(13-20-18)19-9-2-11-21(14-19)12-10-19;3-1(4)2(5)6/h2-9,13H,10-12,14H2,1H3;(H,3,4)(H,5,6). The molecule has 2 aliphatic rings. The molecule has 2 unspecified atom stereocenters. The first-order valence-corrected chi connectivity index (χ1v) is 8.91. The predicted molar refractivity (Wildman–Crippen MR) is 103 cm³/mol. The quantitative estimate of drug-likeness (QED) is 0.621. The monoisotopic (exact) mass is 382 g/mol. The van der Waals surface area contributed by atoms with Crippen molar-refractivity contribution in [2.24, 2.45) is 0 Å². The number of ether oxygens (including phenoxy) is 1. The molecule has 4 rings (SSSR count). The summed E-state index contributed by atoms with van der Waals surface area (Å²) in [5.74, 6) is -2.78. The van der Waals surface area contributed by atoms with Crippen molar-refractivity contribution in [3.05, 3.63) is 60.3 Å². The molecule has 1 saturated heterocycles. The number of fused-ring (bicyclic) bond motifs is 2. The zero-order chi connectivity index (χ0) is 20.1. The average molecular weight is 382 g/mol. The van der Waals surface area contributed by atoms with Crippen LogP contribution in [0.25, 0.3) is 11.3 Å². The van der Waals surface area contributed by atoms with Gasteiger partial charge >= 0.3 is 11.9 Å². The van der Waals surface area contributed by atoms with E-state index in [0.29, 0.717) is 0 Å². The highest BCUT2D eigenvalue weighted by molar-refractivity contribution is 6.27. The molecule has 7 nitrogen and oxygen atoms in total. The van der Waals surface area contributed by atoms with Gasteiger partial charge in [-0.15, -0.1) is 0 Å². The second-order valence-corrected chi connectivity index (χ2v) is 6.81. The lowest BCUT2D eigenvalue weighted by molar-refractivity contribution is -0.159. The van der Waals surface area contributed by atoms with Gasteiger partial charge in [-0.25, -0.2) is 9.59 Å². The lowest BCUT2D eigenvalue weighted by Gasteiger charge is -2.29. The second kappa shape index (κ2) is 8.22. The van der Waals surface area contributed by atoms with E-state index in [4.69, 9.17) is 29.5 Å². The number of hydrogen-bond acceptors (Lipinski definition) is 5. The van der Waals surface area contributed by atoms with E-state index in [0.717, 1.165) is 30.1 Å². The van der Waals surface area contributed by atoms with Gasteiger partial charge in [0, 0.05) is 30.3 Å². The van der Waals surface area contributed by atoms with Crippen LogP contribution < -0.4 is 4.74 Å². The Morgan fingerprint density at radius 1 is 1.11 bits per heavy atom. The van der Waals surface area contributed by atoms with E-state index in [-0.39, 0.29) is 5.41 Å². The van der Waals surface area contributed by atoms with Gasteiger partial charge in [0.05, 0.1) is 12.8 Å². The summed E-state index contributed by atoms with van der Waals surface area (Å²) in [4.78, 5) is 25.4. The number of carbonyl (C=O) groups is 2. The van der Waals surface area contributed by atoms with Gasteiger partial charge < -0.3 is 14.9 Å². The summed E-state index contributed by atoms with van der Waals surface area (Å²) in [6.45, 7) is 3.42. The molecule has 28 heavy (non-hydrogen) atoms. The van der Waals surface area contributed by atoms with Crippen LogP contribution in [0.1, 0.15) is 12.0 Å². The zero-order valence-electron chi connectivity index (χ0n) is 15.5. The predicted octanol–water partition coefficient (Wildman–Crippen LogP) is 2.43. The van der Waals surface area contributed by atoms with Crippen LogP contribution in [0, 0.1) is 0 Å². The highest BCUT2D eigenvalue weighted by atomic mass is 16.5. The molecule has 2 bridgehead atoms. The molecule has 2 atom stereocenters. The number of hydrogen-bond donors (Lipinski definition) is 2. The van der Waals surface area contributed by atoms with Crippen molar-refractivity contribution in [3.63, 3.8) is 0 Å². The minimum Gasteiger partial charge on any atom is -0.497 e. The highest BCUT2D eigenvalue weighted by Gasteiger charge is 2.39. The van der Waals surface area contributed by atoms with Crippen LogP contribution in [0.5, 0.6) is 5.75 Å². The van der Waals surface area contributed by atoms with E-state index < -0.39 is 11.9 Å². The number of carboxylic acid groups (broad SMARTS) is 2. The Labute approximate surface area is 162 Å². The van der Waals surface area contributed by atoms with Crippen LogP contribution >= 0.6 is 0 Å². The van der Waals surface area contributed by atoms with Crippen LogP contribution in [0.15, 0.2) is 54.7 Å². The normalized spacial score (nSPS) is 22.1. The van der Waals surface area contributed by atoms with Gasteiger partial charge in [0.25, 0.3) is 0 Å². The van der Waals surface area contributed by atoms with E-state index >= 15 is 0 Å². The van der Waals surface area contributed by atoms with Gasteiger partial charge in [-0.1, -0.05) is 18.2 Å². The highest BCUT2D eigenvalue weighted by Crippen LogP contribution is 2.38. The molecular weight excluding hydrogens is 360 g/mol. The SMILES string of the molecule is COc1ccc(-c2ccc(C34C=CCN(CC3)C4)cn2)cc1.O=C(O)C(=O)O. The Morgan fingerprint density at radius 2 is 1.82 bits per heavy atom. The third kappa shape index (κ3) is 4.20. The molecule has 0 aliphatic carbocycles. The fraction of sp³-hybridized carbons (Fsp3) is 0.286. The van der Waals surface area contributed by atoms with Crippen molar-refractivity contribution < 1.29 is 24.5 Å². The molecule has 0 amide bonds. The van der Waals surface area contributed by atoms with Crippen LogP contribution in [0.3, 0.4) is 0 Å². The van der Waals surface area contributed by atoms with Gasteiger partial charge in [-0.05, 0) is 48.9 Å². The first-order valence-electron chi connectivity index (χ1n) is 8.91. The fourth-order valence-corrected chi connectivity index (χ4v) is 3.59. The molecule has 2 aliphatic heterocycles. The Bertz CT molecular complexity index is 865. The molecule has 3 heterocycles. The molecule has 7 heteroatoms. The summed E-state index contributed by atoms with van der Waals surface area (Å²) < 4.78 is 5.20. The number of benzene rings is 1. The number of nitrogens with zero attached hydrogens (tertiary/aromatic N) is 2. The molecule has 0 spiro atoms. The van der Waals surface area contributed by atoms with Crippen molar-refractivity contribution in [1.82, 2.24) is 9.88 Å². The minimum absolute atomic E-state index is 0.184. The Hall–Kier alpha value is -3.19. The van der Waals surface area contributed by atoms with Crippen LogP contribution in [-0.4, -0.2) is 58.8 Å². The number of pyridine rings is 1. The van der Waals surface area contributed by atoms with E-state index in [1.54, 1.807) is 7.11 Å². The van der Waals surface area contributed by atoms with E-state index in [9.17, 15) is 0 Å². The molecule has 1 aromatic heterocycles. The molecule has 2 aromatic rings. The lowest BCUT2D eigenvalue weighted by atomic mass is 9.79. The number of aliphatic carboxylic acids is 2. The van der Waals surface area contributed by atoms with Crippen molar-refractivity contribution in [1.29, 1.82) is 0 Å². The van der Waals surface area contributed by atoms with Crippen LogP contribution in [0.4, 0.5) is 0 Å². The molecule has 2 N–H and O–H groups in total. The first-order chi connectivity index (χ1) is 13.4. The minimum atomic E-state index is -1.82. The average Bonchev–Trinajstić information content (AvgIpc) is 3.03. The molecular formula is C21H22N2O5. The second-order valence-electron chi connectivity index (χ2n) is 6.81. The summed E-state index contributed by atoms with van der Waals surface area (Å²) in [7, 11) is 1.68. The lowest BCUT2D eigenvalue weighted by Crippen LogP contribution is -2.33. The summed E-state index contributed by atoms with van der Waals surface area (Å²) in [5, 5.41) is 14.8. The Morgan fingerprint density at radius 3 is 2.39 bits per heavy atom. The van der Waals surface area contributed by atoms with Gasteiger partial charge in [-0.2, -0.15) is 0 Å². The number of rotatable bonds is 3. The topological polar surface area (TPSA) is 100.0 Å². The van der Waals surface area contributed by atoms with Gasteiger partial charge in [-0.3, -0.25) is 9.88 Å². The Balaban J connectivity index is 0.000000330. The maximum Gasteiger partial charge on any atom is 0.414 e. The number of aromatic nitrogens is 1. The van der Waals surface area contributed by atoms with Crippen molar-refractivity contribution in [3.8, 4) is 17.0 Å². The zero-order valence-corrected chi connectivity index (χ0v) is 15.5.